The van der Waals surface area contributed by atoms with Crippen molar-refractivity contribution in [2.24, 2.45) is 0 Å². The molecule has 2 aromatic rings. The lowest BCUT2D eigenvalue weighted by molar-refractivity contribution is 0.00578. The number of nitrogens with zero attached hydrogens (tertiary/aromatic N) is 1. The predicted molar refractivity (Wildman–Crippen MR) is 113 cm³/mol. The minimum absolute atomic E-state index is 0.390. The zero-order chi connectivity index (χ0) is 20.7. The molecule has 1 aliphatic rings. The van der Waals surface area contributed by atoms with Gasteiger partial charge in [-0.1, -0.05) is 24.3 Å². The Morgan fingerprint density at radius 1 is 1.18 bits per heavy atom. The van der Waals surface area contributed by atoms with Gasteiger partial charge >= 0.3 is 13.2 Å². The molecule has 0 bridgehead atoms. The second-order valence-corrected chi connectivity index (χ2v) is 9.74. The fraction of sp³-hybridized carbons (Fsp3) is 0.500. The van der Waals surface area contributed by atoms with Crippen molar-refractivity contribution in [2.75, 3.05) is 5.32 Å². The monoisotopic (exact) mass is 402 g/mol. The maximum atomic E-state index is 11.9. The molecule has 6 nitrogen and oxygen atoms in total. The number of hydrogen-bond donors (Lipinski definition) is 1. The third-order valence-electron chi connectivity index (χ3n) is 4.82. The van der Waals surface area contributed by atoms with Crippen LogP contribution in [0.25, 0.3) is 11.3 Å². The number of aromatic nitrogens is 1. The van der Waals surface area contributed by atoms with Gasteiger partial charge in [-0.3, -0.25) is 5.32 Å². The van der Waals surface area contributed by atoms with Crippen LogP contribution in [0.2, 0.25) is 0 Å². The molecule has 1 aromatic heterocycles. The highest BCUT2D eigenvalue weighted by molar-refractivity contribution is 7.14. The van der Waals surface area contributed by atoms with Crippen LogP contribution in [0.1, 0.15) is 48.5 Å². The normalized spacial score (nSPS) is 18.2. The summed E-state index contributed by atoms with van der Waals surface area (Å²) in [6.45, 7) is 13.6. The van der Waals surface area contributed by atoms with E-state index in [4.69, 9.17) is 14.0 Å². The van der Waals surface area contributed by atoms with Crippen molar-refractivity contribution in [1.82, 2.24) is 4.98 Å². The van der Waals surface area contributed by atoms with E-state index in [9.17, 15) is 4.79 Å². The Labute approximate surface area is 170 Å². The van der Waals surface area contributed by atoms with E-state index in [1.807, 2.05) is 78.1 Å². The van der Waals surface area contributed by atoms with E-state index in [2.05, 4.69) is 10.3 Å². The van der Waals surface area contributed by atoms with Crippen LogP contribution in [0.4, 0.5) is 9.93 Å². The summed E-state index contributed by atoms with van der Waals surface area (Å²) in [5, 5.41) is 5.07. The molecule has 0 atom stereocenters. The second kappa shape index (κ2) is 7.17. The van der Waals surface area contributed by atoms with Crippen LogP contribution in [0.3, 0.4) is 0 Å². The lowest BCUT2D eigenvalue weighted by atomic mass is 9.78. The number of rotatable bonds is 3. The molecule has 150 valence electrons. The van der Waals surface area contributed by atoms with Gasteiger partial charge in [0.1, 0.15) is 5.60 Å². The smallest absolute Gasteiger partial charge is 0.444 e. The van der Waals surface area contributed by atoms with E-state index in [1.165, 1.54) is 11.3 Å². The van der Waals surface area contributed by atoms with Crippen molar-refractivity contribution in [3.05, 3.63) is 29.6 Å². The van der Waals surface area contributed by atoms with Gasteiger partial charge in [0, 0.05) is 10.9 Å². The molecule has 0 unspecified atom stereocenters. The van der Waals surface area contributed by atoms with Crippen LogP contribution in [0.5, 0.6) is 0 Å². The van der Waals surface area contributed by atoms with Gasteiger partial charge in [0.25, 0.3) is 0 Å². The Balaban J connectivity index is 1.75. The summed E-state index contributed by atoms with van der Waals surface area (Å²) in [6, 6.07) is 7.92. The Bertz CT molecular complexity index is 857. The first kappa shape index (κ1) is 20.8. The highest BCUT2D eigenvalue weighted by Crippen LogP contribution is 2.36. The lowest BCUT2D eigenvalue weighted by Gasteiger charge is -2.32. The summed E-state index contributed by atoms with van der Waals surface area (Å²) in [7, 11) is -0.428. The highest BCUT2D eigenvalue weighted by Gasteiger charge is 2.51. The van der Waals surface area contributed by atoms with Gasteiger partial charge in [-0.05, 0) is 53.9 Å². The van der Waals surface area contributed by atoms with E-state index < -0.39 is 30.0 Å². The summed E-state index contributed by atoms with van der Waals surface area (Å²) in [5.74, 6) is 0. The number of anilines is 1. The van der Waals surface area contributed by atoms with Gasteiger partial charge in [-0.2, -0.15) is 0 Å². The van der Waals surface area contributed by atoms with Crippen molar-refractivity contribution < 1.29 is 18.8 Å². The van der Waals surface area contributed by atoms with E-state index in [0.717, 1.165) is 16.7 Å². The Kier molecular flexibility index (Phi) is 5.33. The summed E-state index contributed by atoms with van der Waals surface area (Å²) >= 11 is 1.35. The predicted octanol–water partition coefficient (Wildman–Crippen LogP) is 4.46. The molecule has 8 heteroatoms. The molecule has 2 heterocycles. The fourth-order valence-electron chi connectivity index (χ4n) is 2.68. The molecule has 1 saturated heterocycles. The van der Waals surface area contributed by atoms with Gasteiger partial charge in [0.15, 0.2) is 5.13 Å². The van der Waals surface area contributed by atoms with Crippen LogP contribution < -0.4 is 10.8 Å². The maximum absolute atomic E-state index is 11.9. The molecular formula is C20H27BN2O4S. The topological polar surface area (TPSA) is 69.7 Å². The van der Waals surface area contributed by atoms with Crippen molar-refractivity contribution >= 4 is 35.1 Å². The molecule has 0 aliphatic carbocycles. The molecule has 1 N–H and O–H groups in total. The summed E-state index contributed by atoms with van der Waals surface area (Å²) in [6.07, 6.45) is -0.514. The van der Waals surface area contributed by atoms with Gasteiger partial charge in [0.05, 0.1) is 16.9 Å². The van der Waals surface area contributed by atoms with Crippen molar-refractivity contribution in [3.8, 4) is 11.3 Å². The van der Waals surface area contributed by atoms with Crippen LogP contribution >= 0.6 is 11.3 Å². The minimum Gasteiger partial charge on any atom is -0.444 e. The standard InChI is InChI=1S/C20H27BN2O4S/c1-18(2,3)25-17(24)23-16-22-15(12-28-16)13-9-8-10-14(11-13)21-26-19(4,5)20(6,7)27-21/h8-12H,1-7H3,(H,22,23,24). The van der Waals surface area contributed by atoms with Gasteiger partial charge in [-0.25, -0.2) is 9.78 Å². The average molecular weight is 402 g/mol. The average Bonchev–Trinajstić information content (AvgIpc) is 3.08. The molecule has 0 radical (unpaired) electrons. The van der Waals surface area contributed by atoms with Crippen LogP contribution in [0.15, 0.2) is 29.6 Å². The summed E-state index contributed by atoms with van der Waals surface area (Å²) in [4.78, 5) is 16.4. The number of nitrogens with one attached hydrogen (secondary N) is 1. The van der Waals surface area contributed by atoms with Crippen LogP contribution in [-0.2, 0) is 14.0 Å². The Hall–Kier alpha value is -1.90. The Morgan fingerprint density at radius 3 is 2.43 bits per heavy atom. The largest absolute Gasteiger partial charge is 0.494 e. The van der Waals surface area contributed by atoms with Gasteiger partial charge < -0.3 is 14.0 Å². The van der Waals surface area contributed by atoms with E-state index in [1.54, 1.807) is 0 Å². The van der Waals surface area contributed by atoms with E-state index >= 15 is 0 Å². The number of benzene rings is 1. The van der Waals surface area contributed by atoms with Gasteiger partial charge in [0.2, 0.25) is 0 Å². The van der Waals surface area contributed by atoms with Crippen LogP contribution in [0, 0.1) is 0 Å². The molecule has 1 amide bonds. The molecule has 1 aliphatic heterocycles. The van der Waals surface area contributed by atoms with E-state index in [0.29, 0.717) is 5.13 Å². The van der Waals surface area contributed by atoms with Gasteiger partial charge in [-0.15, -0.1) is 11.3 Å². The molecule has 0 spiro atoms. The first-order chi connectivity index (χ1) is 12.9. The van der Waals surface area contributed by atoms with E-state index in [-0.39, 0.29) is 0 Å². The number of amides is 1. The summed E-state index contributed by atoms with van der Waals surface area (Å²) in [5.41, 5.74) is 1.31. The minimum atomic E-state index is -0.554. The van der Waals surface area contributed by atoms with Crippen molar-refractivity contribution in [3.63, 3.8) is 0 Å². The molecule has 28 heavy (non-hydrogen) atoms. The zero-order valence-electron chi connectivity index (χ0n) is 17.5. The molecular weight excluding hydrogens is 375 g/mol. The third-order valence-corrected chi connectivity index (χ3v) is 5.58. The Morgan fingerprint density at radius 2 is 1.82 bits per heavy atom. The second-order valence-electron chi connectivity index (χ2n) is 8.88. The number of hydrogen-bond acceptors (Lipinski definition) is 6. The quantitative estimate of drug-likeness (QED) is 0.768. The lowest BCUT2D eigenvalue weighted by Crippen LogP contribution is -2.41. The first-order valence-corrected chi connectivity index (χ1v) is 10.2. The molecule has 0 saturated carbocycles. The third kappa shape index (κ3) is 4.56. The highest BCUT2D eigenvalue weighted by atomic mass is 32.1. The van der Waals surface area contributed by atoms with Crippen molar-refractivity contribution in [2.45, 2.75) is 65.3 Å². The number of ether oxygens (including phenoxy) is 1. The molecule has 1 aromatic carbocycles. The number of carbonyl (C=O) groups is 1. The maximum Gasteiger partial charge on any atom is 0.494 e. The molecule has 3 rings (SSSR count). The van der Waals surface area contributed by atoms with Crippen LogP contribution in [-0.4, -0.2) is 35.0 Å². The summed E-state index contributed by atoms with van der Waals surface area (Å²) < 4.78 is 17.5. The number of carbonyl (C=O) groups excluding carboxylic acids is 1. The molecule has 1 fully saturated rings. The SMILES string of the molecule is CC(C)(C)OC(=O)Nc1nc(-c2cccc(B3OC(C)(C)C(C)(C)O3)c2)cs1. The number of thiazole rings is 1. The zero-order valence-corrected chi connectivity index (χ0v) is 18.3. The fourth-order valence-corrected chi connectivity index (χ4v) is 3.38. The first-order valence-electron chi connectivity index (χ1n) is 9.28. The van der Waals surface area contributed by atoms with Crippen molar-refractivity contribution in [1.29, 1.82) is 0 Å².